The summed E-state index contributed by atoms with van der Waals surface area (Å²) in [6, 6.07) is 8.48. The fourth-order valence-electron chi connectivity index (χ4n) is 1.50. The average molecular weight is 389 g/mol. The van der Waals surface area contributed by atoms with Gasteiger partial charge in [-0.15, -0.1) is 0 Å². The van der Waals surface area contributed by atoms with Gasteiger partial charge in [-0.25, -0.2) is 0 Å². The van der Waals surface area contributed by atoms with Crippen molar-refractivity contribution in [1.82, 2.24) is 5.32 Å². The second-order valence-corrected chi connectivity index (χ2v) is 5.04. The number of hydrogen-bond acceptors (Lipinski definition) is 6. The van der Waals surface area contributed by atoms with Gasteiger partial charge in [-0.1, -0.05) is 53.2 Å². The first kappa shape index (κ1) is 29.4. The lowest BCUT2D eigenvalue weighted by molar-refractivity contribution is -0.114. The highest BCUT2D eigenvalue weighted by Crippen LogP contribution is 1.99. The van der Waals surface area contributed by atoms with E-state index in [4.69, 9.17) is 9.59 Å². The Morgan fingerprint density at radius 3 is 1.93 bits per heavy atom. The molecule has 0 atom stereocenters. The standard InChI is InChI=1S/C11H17N3O2.C8H10.2CH2O/c1-5-7-10(12-4)11(15)13-8-9(3)14-16-6-2;1-7-3-5-8(2)6-4-7;2*1-2/h5-7H,2,8H2,1,3-4H3,(H,13,15);3-6H,1-2H3;2*1H2/b7-5-,12-10?,14-9+;;;. The Morgan fingerprint density at radius 1 is 1.11 bits per heavy atom. The molecule has 0 saturated heterocycles. The maximum atomic E-state index is 11.5. The second kappa shape index (κ2) is 21.7. The highest BCUT2D eigenvalue weighted by Gasteiger charge is 2.06. The first-order valence-electron chi connectivity index (χ1n) is 8.23. The molecule has 1 aromatic carbocycles. The number of aryl methyl sites for hydroxylation is 2. The molecule has 154 valence electrons. The SMILES string of the molecule is C=CO/N=C(\C)CNC(=O)C(/C=C\C)=NC.C=O.C=O.Cc1ccc(C)cc1. The molecule has 1 N–H and O–H groups in total. The summed E-state index contributed by atoms with van der Waals surface area (Å²) in [4.78, 5) is 36.0. The smallest absolute Gasteiger partial charge is 0.269 e. The van der Waals surface area contributed by atoms with E-state index in [0.717, 1.165) is 0 Å². The van der Waals surface area contributed by atoms with Crippen LogP contribution >= 0.6 is 0 Å². The van der Waals surface area contributed by atoms with E-state index in [1.54, 1.807) is 26.1 Å². The minimum atomic E-state index is -0.242. The largest absolute Gasteiger partial charge is 0.365 e. The van der Waals surface area contributed by atoms with Crippen molar-refractivity contribution >= 4 is 30.9 Å². The Morgan fingerprint density at radius 2 is 1.57 bits per heavy atom. The average Bonchev–Trinajstić information content (AvgIpc) is 2.74. The van der Waals surface area contributed by atoms with Crippen LogP contribution in [0.5, 0.6) is 0 Å². The molecule has 0 unspecified atom stereocenters. The molecule has 0 bridgehead atoms. The minimum Gasteiger partial charge on any atom is -0.365 e. The van der Waals surface area contributed by atoms with Crippen molar-refractivity contribution in [2.45, 2.75) is 27.7 Å². The lowest BCUT2D eigenvalue weighted by Gasteiger charge is -2.03. The van der Waals surface area contributed by atoms with Gasteiger partial charge in [0.2, 0.25) is 0 Å². The maximum Gasteiger partial charge on any atom is 0.269 e. The van der Waals surface area contributed by atoms with Crippen LogP contribution in [0.1, 0.15) is 25.0 Å². The van der Waals surface area contributed by atoms with Crippen molar-refractivity contribution in [3.8, 4) is 0 Å². The number of oxime groups is 1. The van der Waals surface area contributed by atoms with Gasteiger partial charge < -0.3 is 19.7 Å². The van der Waals surface area contributed by atoms with E-state index in [-0.39, 0.29) is 5.91 Å². The zero-order valence-electron chi connectivity index (χ0n) is 17.4. The van der Waals surface area contributed by atoms with Crippen LogP contribution in [0, 0.1) is 13.8 Å². The van der Waals surface area contributed by atoms with E-state index in [0.29, 0.717) is 18.0 Å². The molecule has 1 aromatic rings. The molecule has 0 aliphatic carbocycles. The highest BCUT2D eigenvalue weighted by atomic mass is 16.6. The van der Waals surface area contributed by atoms with Gasteiger partial charge >= 0.3 is 0 Å². The summed E-state index contributed by atoms with van der Waals surface area (Å²) < 4.78 is 0. The van der Waals surface area contributed by atoms with Crippen LogP contribution in [0.2, 0.25) is 0 Å². The number of allylic oxidation sites excluding steroid dienone is 1. The van der Waals surface area contributed by atoms with Crippen LogP contribution in [-0.4, -0.2) is 44.5 Å². The number of benzene rings is 1. The van der Waals surface area contributed by atoms with Crippen LogP contribution < -0.4 is 5.32 Å². The molecule has 0 heterocycles. The van der Waals surface area contributed by atoms with Crippen LogP contribution in [-0.2, 0) is 19.2 Å². The Balaban J connectivity index is -0.000000432. The molecular weight excluding hydrogens is 358 g/mol. The number of carbonyl (C=O) groups excluding carboxylic acids is 3. The highest BCUT2D eigenvalue weighted by molar-refractivity contribution is 6.43. The normalized spacial score (nSPS) is 10.2. The first-order valence-corrected chi connectivity index (χ1v) is 8.23. The molecule has 7 nitrogen and oxygen atoms in total. The lowest BCUT2D eigenvalue weighted by atomic mass is 10.2. The van der Waals surface area contributed by atoms with Crippen molar-refractivity contribution in [3.05, 3.63) is 60.4 Å². The molecule has 1 rings (SSSR count). The molecule has 0 fully saturated rings. The fraction of sp³-hybridized carbons (Fsp3) is 0.286. The van der Waals surface area contributed by atoms with Gasteiger partial charge in [-0.2, -0.15) is 0 Å². The molecule has 7 heteroatoms. The predicted octanol–water partition coefficient (Wildman–Crippen LogP) is 3.22. The summed E-state index contributed by atoms with van der Waals surface area (Å²) in [6.07, 6.45) is 4.61. The molecule has 0 aliphatic rings. The summed E-state index contributed by atoms with van der Waals surface area (Å²) in [5, 5.41) is 6.33. The molecule has 1 amide bonds. The second-order valence-electron chi connectivity index (χ2n) is 5.04. The Bertz CT molecular complexity index is 613. The molecule has 0 aromatic heterocycles. The van der Waals surface area contributed by atoms with Crippen molar-refractivity contribution in [2.24, 2.45) is 10.1 Å². The van der Waals surface area contributed by atoms with Gasteiger partial charge in [0.25, 0.3) is 5.91 Å². The fourth-order valence-corrected chi connectivity index (χ4v) is 1.50. The predicted molar refractivity (Wildman–Crippen MR) is 116 cm³/mol. The van der Waals surface area contributed by atoms with Crippen molar-refractivity contribution < 1.29 is 19.2 Å². The third-order valence-corrected chi connectivity index (χ3v) is 2.80. The molecular formula is C21H31N3O4. The lowest BCUT2D eigenvalue weighted by Crippen LogP contribution is -2.33. The van der Waals surface area contributed by atoms with Gasteiger partial charge in [0.05, 0.1) is 12.3 Å². The number of carbonyl (C=O) groups is 3. The Hall–Kier alpha value is -3.35. The van der Waals surface area contributed by atoms with Gasteiger partial charge in [0.1, 0.15) is 25.6 Å². The van der Waals surface area contributed by atoms with E-state index in [1.165, 1.54) is 17.4 Å². The van der Waals surface area contributed by atoms with Crippen molar-refractivity contribution in [1.29, 1.82) is 0 Å². The van der Waals surface area contributed by atoms with Gasteiger partial charge in [0.15, 0.2) is 0 Å². The van der Waals surface area contributed by atoms with Gasteiger partial charge in [-0.3, -0.25) is 9.79 Å². The number of amides is 1. The monoisotopic (exact) mass is 389 g/mol. The molecule has 0 radical (unpaired) electrons. The number of hydrogen-bond donors (Lipinski definition) is 1. The summed E-state index contributed by atoms with van der Waals surface area (Å²) in [5.74, 6) is -0.242. The summed E-state index contributed by atoms with van der Waals surface area (Å²) in [7, 11) is 1.57. The molecule has 0 saturated carbocycles. The zero-order chi connectivity index (χ0) is 22.4. The summed E-state index contributed by atoms with van der Waals surface area (Å²) >= 11 is 0. The number of nitrogens with zero attached hydrogens (tertiary/aromatic N) is 2. The zero-order valence-corrected chi connectivity index (χ0v) is 17.4. The van der Waals surface area contributed by atoms with Crippen LogP contribution in [0.3, 0.4) is 0 Å². The number of aliphatic imine (C=N–C) groups is 1. The molecule has 0 aliphatic heterocycles. The Labute approximate surface area is 167 Å². The third kappa shape index (κ3) is 17.5. The van der Waals surface area contributed by atoms with Gasteiger partial charge in [-0.05, 0) is 33.8 Å². The van der Waals surface area contributed by atoms with E-state index in [1.807, 2.05) is 20.5 Å². The Kier molecular flexibility index (Phi) is 22.8. The van der Waals surface area contributed by atoms with Crippen LogP contribution in [0.4, 0.5) is 0 Å². The van der Waals surface area contributed by atoms with E-state index in [2.05, 4.69) is 65.0 Å². The quantitative estimate of drug-likeness (QED) is 0.459. The van der Waals surface area contributed by atoms with Crippen LogP contribution in [0.15, 0.2) is 59.4 Å². The van der Waals surface area contributed by atoms with Crippen molar-refractivity contribution in [2.75, 3.05) is 13.6 Å². The summed E-state index contributed by atoms with van der Waals surface area (Å²) in [5.41, 5.74) is 3.68. The van der Waals surface area contributed by atoms with Gasteiger partial charge in [0, 0.05) is 7.05 Å². The third-order valence-electron chi connectivity index (χ3n) is 2.80. The molecule has 0 spiro atoms. The minimum absolute atomic E-state index is 0.242. The van der Waals surface area contributed by atoms with Crippen molar-refractivity contribution in [3.63, 3.8) is 0 Å². The van der Waals surface area contributed by atoms with E-state index < -0.39 is 0 Å². The van der Waals surface area contributed by atoms with E-state index >= 15 is 0 Å². The topological polar surface area (TPSA) is 97.2 Å². The number of nitrogens with one attached hydrogen (secondary N) is 1. The first-order chi connectivity index (χ1) is 13.4. The summed E-state index contributed by atoms with van der Waals surface area (Å²) in [6.45, 7) is 15.4. The molecule has 28 heavy (non-hydrogen) atoms. The number of rotatable bonds is 6. The maximum absolute atomic E-state index is 11.5. The van der Waals surface area contributed by atoms with E-state index in [9.17, 15) is 4.79 Å². The van der Waals surface area contributed by atoms with Crippen LogP contribution in [0.25, 0.3) is 0 Å².